The molecule has 2 aromatic rings. The number of ether oxygens (including phenoxy) is 1. The maximum atomic E-state index is 11.9. The Kier molecular flexibility index (Phi) is 6.80. The smallest absolute Gasteiger partial charge is 0.316 e. The van der Waals surface area contributed by atoms with Crippen LogP contribution in [0.5, 0.6) is 0 Å². The molecule has 11 nitrogen and oxygen atoms in total. The topological polar surface area (TPSA) is 171 Å². The largest absolute Gasteiger partial charge is 0.481 e. The van der Waals surface area contributed by atoms with E-state index in [-0.39, 0.29) is 11.5 Å². The molecule has 0 atom stereocenters. The van der Waals surface area contributed by atoms with Crippen LogP contribution in [0.4, 0.5) is 11.4 Å². The first-order valence-corrected chi connectivity index (χ1v) is 11.7. The lowest BCUT2D eigenvalue weighted by Gasteiger charge is -2.14. The molecule has 2 saturated carbocycles. The van der Waals surface area contributed by atoms with Crippen LogP contribution in [0.2, 0.25) is 0 Å². The van der Waals surface area contributed by atoms with Crippen LogP contribution in [0.25, 0.3) is 0 Å². The van der Waals surface area contributed by atoms with Crippen molar-refractivity contribution < 1.29 is 39.0 Å². The fraction of sp³-hybridized carbons (Fsp3) is 0.308. The van der Waals surface area contributed by atoms with E-state index in [1.807, 2.05) is 0 Å². The van der Waals surface area contributed by atoms with E-state index in [1.54, 1.807) is 43.3 Å². The summed E-state index contributed by atoms with van der Waals surface area (Å²) >= 11 is 0. The second-order valence-corrected chi connectivity index (χ2v) is 9.04. The summed E-state index contributed by atoms with van der Waals surface area (Å²) in [6, 6.07) is 11.8. The van der Waals surface area contributed by atoms with Crippen LogP contribution in [0.1, 0.15) is 54.1 Å². The molecule has 5 rings (SSSR count). The van der Waals surface area contributed by atoms with Gasteiger partial charge >= 0.3 is 11.9 Å². The van der Waals surface area contributed by atoms with Crippen molar-refractivity contribution in [1.29, 1.82) is 0 Å². The Morgan fingerprint density at radius 1 is 1.03 bits per heavy atom. The highest BCUT2D eigenvalue weighted by molar-refractivity contribution is 6.51. The average molecular weight is 507 g/mol. The van der Waals surface area contributed by atoms with E-state index in [0.717, 1.165) is 24.6 Å². The molecule has 0 saturated heterocycles. The van der Waals surface area contributed by atoms with Crippen LogP contribution in [0.15, 0.2) is 47.6 Å². The molecule has 2 fully saturated rings. The molecule has 37 heavy (non-hydrogen) atoms. The number of nitrogens with one attached hydrogen (secondary N) is 2. The minimum atomic E-state index is -0.873. The van der Waals surface area contributed by atoms with Gasteiger partial charge in [0.25, 0.3) is 17.6 Å². The molecule has 3 aliphatic rings. The number of fused-ring (bicyclic) bond motifs is 1. The minimum Gasteiger partial charge on any atom is -0.481 e. The van der Waals surface area contributed by atoms with Gasteiger partial charge in [0.2, 0.25) is 0 Å². The molecule has 192 valence electrons. The van der Waals surface area contributed by atoms with E-state index in [2.05, 4.69) is 15.8 Å². The van der Waals surface area contributed by atoms with Gasteiger partial charge in [-0.15, -0.1) is 0 Å². The minimum absolute atomic E-state index is 0.191. The molecule has 2 amide bonds. The number of carboxylic acids is 1. The third kappa shape index (κ3) is 4.92. The first-order valence-electron chi connectivity index (χ1n) is 11.7. The number of oxime groups is 1. The summed E-state index contributed by atoms with van der Waals surface area (Å²) in [5, 5.41) is 25.0. The number of amides is 2. The molecular formula is C26H25N3O8. The molecular weight excluding hydrogens is 482 g/mol. The number of carbonyl (C=O) groups is 5. The third-order valence-corrected chi connectivity index (χ3v) is 6.73. The van der Waals surface area contributed by atoms with Gasteiger partial charge in [-0.1, -0.05) is 23.4 Å². The molecule has 0 bridgehead atoms. The third-order valence-electron chi connectivity index (χ3n) is 6.73. The maximum absolute atomic E-state index is 11.9. The molecule has 0 unspecified atom stereocenters. The van der Waals surface area contributed by atoms with Crippen molar-refractivity contribution in [1.82, 2.24) is 0 Å². The summed E-state index contributed by atoms with van der Waals surface area (Å²) in [7, 11) is 0. The van der Waals surface area contributed by atoms with Crippen LogP contribution in [-0.2, 0) is 34.7 Å². The maximum Gasteiger partial charge on any atom is 0.316 e. The summed E-state index contributed by atoms with van der Waals surface area (Å²) in [5.74, 6) is -2.83. The van der Waals surface area contributed by atoms with Crippen molar-refractivity contribution in [2.24, 2.45) is 5.16 Å². The molecule has 0 spiro atoms. The fourth-order valence-electron chi connectivity index (χ4n) is 4.30. The zero-order valence-electron chi connectivity index (χ0n) is 19.9. The monoisotopic (exact) mass is 507 g/mol. The Labute approximate surface area is 211 Å². The Balaban J connectivity index is 0.000000175. The van der Waals surface area contributed by atoms with Gasteiger partial charge < -0.3 is 25.7 Å². The number of benzene rings is 2. The van der Waals surface area contributed by atoms with Crippen molar-refractivity contribution in [2.45, 2.75) is 43.4 Å². The van der Waals surface area contributed by atoms with Gasteiger partial charge in [-0.3, -0.25) is 24.0 Å². The summed E-state index contributed by atoms with van der Waals surface area (Å²) in [4.78, 5) is 57.0. The van der Waals surface area contributed by atoms with E-state index >= 15 is 0 Å². The predicted octanol–water partition coefficient (Wildman–Crippen LogP) is 2.62. The lowest BCUT2D eigenvalue weighted by molar-refractivity contribution is -0.146. The molecule has 2 aliphatic carbocycles. The highest BCUT2D eigenvalue weighted by Gasteiger charge is 2.53. The summed E-state index contributed by atoms with van der Waals surface area (Å²) in [5.41, 5.74) is 1.45. The average Bonchev–Trinajstić information content (AvgIpc) is 3.79. The van der Waals surface area contributed by atoms with Crippen molar-refractivity contribution in [3.63, 3.8) is 0 Å². The number of rotatable bonds is 7. The first kappa shape index (κ1) is 25.5. The summed E-state index contributed by atoms with van der Waals surface area (Å²) in [6.07, 6.45) is 3.51. The molecule has 11 heteroatoms. The highest BCUT2D eigenvalue weighted by Crippen LogP contribution is 2.50. The van der Waals surface area contributed by atoms with Crippen LogP contribution in [0.3, 0.4) is 0 Å². The van der Waals surface area contributed by atoms with E-state index in [4.69, 9.17) is 15.1 Å². The van der Waals surface area contributed by atoms with Crippen LogP contribution >= 0.6 is 0 Å². The molecule has 1 heterocycles. The van der Waals surface area contributed by atoms with Gasteiger partial charge in [-0.05, 0) is 68.0 Å². The number of anilines is 2. The Morgan fingerprint density at radius 2 is 1.65 bits per heavy atom. The molecule has 0 radical (unpaired) electrons. The van der Waals surface area contributed by atoms with Gasteiger partial charge in [-0.25, -0.2) is 0 Å². The number of hydrogen-bond donors (Lipinski definition) is 4. The normalized spacial score (nSPS) is 17.6. The lowest BCUT2D eigenvalue weighted by Crippen LogP contribution is -2.23. The zero-order chi connectivity index (χ0) is 26.8. The van der Waals surface area contributed by atoms with Gasteiger partial charge in [0, 0.05) is 5.69 Å². The van der Waals surface area contributed by atoms with Crippen LogP contribution < -0.4 is 10.6 Å². The van der Waals surface area contributed by atoms with E-state index in [1.165, 1.54) is 6.07 Å². The highest BCUT2D eigenvalue weighted by atomic mass is 16.5. The standard InChI is InChI=1S/C14H16N2O4.C12H9NO4/c1-2-20-13(18)14(7-8-14)10-3-5-11(6-4-10)16-12(17)9-15-19;14-9-7-5-6(12(3-4-12)11(16)17)1-2-8(7)13-10(9)15/h3-6,9,19H,2,7-8H2,1H3,(H,16,17);1-2,5H,3-4H2,(H,16,17)(H,13,14,15)/b15-9+;. The van der Waals surface area contributed by atoms with E-state index in [0.29, 0.717) is 36.4 Å². The lowest BCUT2D eigenvalue weighted by atomic mass is 9.93. The molecule has 2 aromatic carbocycles. The number of carboxylic acid groups (broad SMARTS) is 1. The quantitative estimate of drug-likeness (QED) is 0.146. The summed E-state index contributed by atoms with van der Waals surface area (Å²) in [6.45, 7) is 2.16. The second-order valence-electron chi connectivity index (χ2n) is 9.04. The number of esters is 1. The number of aliphatic carboxylic acids is 1. The Hall–Kier alpha value is -4.54. The van der Waals surface area contributed by atoms with Crippen LogP contribution in [0, 0.1) is 0 Å². The van der Waals surface area contributed by atoms with E-state index in [9.17, 15) is 24.0 Å². The van der Waals surface area contributed by atoms with Gasteiger partial charge in [0.05, 0.1) is 28.7 Å². The molecule has 1 aliphatic heterocycles. The van der Waals surface area contributed by atoms with Crippen molar-refractivity contribution >= 4 is 47.1 Å². The molecule has 0 aromatic heterocycles. The van der Waals surface area contributed by atoms with Crippen molar-refractivity contribution in [3.05, 3.63) is 59.2 Å². The van der Waals surface area contributed by atoms with Crippen molar-refractivity contribution in [2.75, 3.05) is 17.2 Å². The van der Waals surface area contributed by atoms with Gasteiger partial charge in [0.15, 0.2) is 0 Å². The Bertz CT molecular complexity index is 1310. The second kappa shape index (κ2) is 9.84. The van der Waals surface area contributed by atoms with Crippen LogP contribution in [-0.4, -0.2) is 52.7 Å². The fourth-order valence-corrected chi connectivity index (χ4v) is 4.30. The SMILES string of the molecule is CCOC(=O)C1(c2ccc(NC(=O)/C=N/O)cc2)CC1.O=C1Nc2ccc(C3(C(=O)O)CC3)cc2C1=O. The number of Topliss-reactive ketones (excluding diaryl/α,β-unsaturated/α-hetero) is 1. The first-order chi connectivity index (χ1) is 17.7. The van der Waals surface area contributed by atoms with Gasteiger partial charge in [0.1, 0.15) is 6.21 Å². The van der Waals surface area contributed by atoms with Crippen molar-refractivity contribution in [3.8, 4) is 0 Å². The number of carbonyl (C=O) groups excluding carboxylic acids is 4. The molecule has 4 N–H and O–H groups in total. The van der Waals surface area contributed by atoms with Gasteiger partial charge in [-0.2, -0.15) is 0 Å². The van der Waals surface area contributed by atoms with E-state index < -0.39 is 34.4 Å². The number of nitrogens with zero attached hydrogens (tertiary/aromatic N) is 1. The number of hydrogen-bond acceptors (Lipinski definition) is 8. The Morgan fingerprint density at radius 3 is 2.19 bits per heavy atom. The zero-order valence-corrected chi connectivity index (χ0v) is 19.9. The number of ketones is 1. The summed E-state index contributed by atoms with van der Waals surface area (Å²) < 4.78 is 5.10. The predicted molar refractivity (Wildman–Crippen MR) is 131 cm³/mol.